The minimum absolute atomic E-state index is 0.596. The van der Waals surface area contributed by atoms with Crippen LogP contribution in [0.4, 0.5) is 0 Å². The molecule has 0 aliphatic heterocycles. The first-order valence-corrected chi connectivity index (χ1v) is 8.57. The summed E-state index contributed by atoms with van der Waals surface area (Å²) < 4.78 is 11.2. The Balaban J connectivity index is 2.01. The van der Waals surface area contributed by atoms with Crippen LogP contribution in [0.15, 0.2) is 16.7 Å². The molecule has 0 amide bonds. The molecule has 1 N–H and O–H groups in total. The van der Waals surface area contributed by atoms with E-state index in [1.807, 2.05) is 6.26 Å². The number of ether oxygens (including phenoxy) is 1. The van der Waals surface area contributed by atoms with Gasteiger partial charge in [-0.15, -0.1) is 0 Å². The fourth-order valence-electron chi connectivity index (χ4n) is 2.26. The molecule has 1 rings (SSSR count). The van der Waals surface area contributed by atoms with Gasteiger partial charge in [-0.1, -0.05) is 52.9 Å². The van der Waals surface area contributed by atoms with Crippen molar-refractivity contribution in [2.75, 3.05) is 13.2 Å². The highest BCUT2D eigenvalue weighted by Crippen LogP contribution is 2.10. The maximum atomic E-state index is 5.67. The summed E-state index contributed by atoms with van der Waals surface area (Å²) >= 11 is 0. The van der Waals surface area contributed by atoms with Crippen LogP contribution in [-0.4, -0.2) is 13.2 Å². The maximum absolute atomic E-state index is 5.67. The Hall–Kier alpha value is -0.800. The number of hydrogen-bond donors (Lipinski definition) is 1. The van der Waals surface area contributed by atoms with E-state index in [4.69, 9.17) is 9.15 Å². The van der Waals surface area contributed by atoms with E-state index in [0.717, 1.165) is 31.9 Å². The normalized spacial score (nSPS) is 11.4. The summed E-state index contributed by atoms with van der Waals surface area (Å²) in [5, 5.41) is 3.41. The second-order valence-electron chi connectivity index (χ2n) is 6.27. The minimum atomic E-state index is 0.596. The first kappa shape index (κ1) is 18.2. The fraction of sp³-hybridized carbons (Fsp3) is 0.778. The van der Waals surface area contributed by atoms with Crippen molar-refractivity contribution in [2.45, 2.75) is 72.4 Å². The van der Waals surface area contributed by atoms with E-state index >= 15 is 0 Å². The lowest BCUT2D eigenvalue weighted by molar-refractivity contribution is 0.102. The molecule has 1 aromatic heterocycles. The second-order valence-corrected chi connectivity index (χ2v) is 6.27. The van der Waals surface area contributed by atoms with Crippen LogP contribution in [0.2, 0.25) is 0 Å². The Kier molecular flexibility index (Phi) is 10.3. The zero-order valence-corrected chi connectivity index (χ0v) is 14.1. The van der Waals surface area contributed by atoms with Crippen molar-refractivity contribution >= 4 is 0 Å². The van der Waals surface area contributed by atoms with Crippen molar-refractivity contribution in [1.82, 2.24) is 5.32 Å². The molecule has 0 radical (unpaired) electrons. The van der Waals surface area contributed by atoms with Crippen LogP contribution in [0.25, 0.3) is 0 Å². The average Bonchev–Trinajstić information content (AvgIpc) is 2.89. The summed E-state index contributed by atoms with van der Waals surface area (Å²) in [7, 11) is 0. The number of unbranched alkanes of at least 4 members (excludes halogenated alkanes) is 5. The Labute approximate surface area is 130 Å². The van der Waals surface area contributed by atoms with Crippen LogP contribution in [0.1, 0.15) is 70.6 Å². The molecule has 3 nitrogen and oxygen atoms in total. The molecule has 0 unspecified atom stereocenters. The van der Waals surface area contributed by atoms with E-state index in [2.05, 4.69) is 32.2 Å². The summed E-state index contributed by atoms with van der Waals surface area (Å²) in [4.78, 5) is 0. The van der Waals surface area contributed by atoms with Crippen LogP contribution in [0.3, 0.4) is 0 Å². The standard InChI is InChI=1S/C18H33NO2/c1-4-5-6-7-8-9-10-20-15-18-11-17(14-21-18)13-19-12-16(2)3/h11,14,16,19H,4-10,12-13,15H2,1-3H3. The maximum Gasteiger partial charge on any atom is 0.129 e. The van der Waals surface area contributed by atoms with Gasteiger partial charge in [-0.05, 0) is 24.9 Å². The number of hydrogen-bond acceptors (Lipinski definition) is 3. The monoisotopic (exact) mass is 295 g/mol. The summed E-state index contributed by atoms with van der Waals surface area (Å²) in [6.07, 6.45) is 9.64. The van der Waals surface area contributed by atoms with Crippen molar-refractivity contribution < 1.29 is 9.15 Å². The van der Waals surface area contributed by atoms with Crippen molar-refractivity contribution in [1.29, 1.82) is 0 Å². The lowest BCUT2D eigenvalue weighted by atomic mass is 10.1. The van der Waals surface area contributed by atoms with Gasteiger partial charge in [0, 0.05) is 18.7 Å². The van der Waals surface area contributed by atoms with Crippen LogP contribution >= 0.6 is 0 Å². The third-order valence-corrected chi connectivity index (χ3v) is 3.48. The smallest absolute Gasteiger partial charge is 0.129 e. The molecule has 1 aromatic rings. The molecular formula is C18H33NO2. The molecule has 0 saturated heterocycles. The zero-order chi connectivity index (χ0) is 15.3. The highest BCUT2D eigenvalue weighted by atomic mass is 16.5. The van der Waals surface area contributed by atoms with Gasteiger partial charge in [0.1, 0.15) is 12.4 Å². The molecular weight excluding hydrogens is 262 g/mol. The summed E-state index contributed by atoms with van der Waals surface area (Å²) in [5.41, 5.74) is 1.20. The lowest BCUT2D eigenvalue weighted by Crippen LogP contribution is -2.18. The molecule has 0 aliphatic carbocycles. The van der Waals surface area contributed by atoms with Gasteiger partial charge in [-0.25, -0.2) is 0 Å². The predicted molar refractivity (Wildman–Crippen MR) is 88.3 cm³/mol. The topological polar surface area (TPSA) is 34.4 Å². The Morgan fingerprint density at radius 1 is 1.14 bits per heavy atom. The minimum Gasteiger partial charge on any atom is -0.467 e. The van der Waals surface area contributed by atoms with E-state index < -0.39 is 0 Å². The molecule has 21 heavy (non-hydrogen) atoms. The van der Waals surface area contributed by atoms with Crippen molar-refractivity contribution in [3.63, 3.8) is 0 Å². The van der Waals surface area contributed by atoms with Gasteiger partial charge in [-0.3, -0.25) is 0 Å². The van der Waals surface area contributed by atoms with Gasteiger partial charge in [-0.2, -0.15) is 0 Å². The van der Waals surface area contributed by atoms with E-state index in [1.54, 1.807) is 0 Å². The van der Waals surface area contributed by atoms with Crippen molar-refractivity contribution in [3.8, 4) is 0 Å². The van der Waals surface area contributed by atoms with Crippen molar-refractivity contribution in [2.24, 2.45) is 5.92 Å². The van der Waals surface area contributed by atoms with Crippen LogP contribution < -0.4 is 5.32 Å². The molecule has 0 bridgehead atoms. The predicted octanol–water partition coefficient (Wildman–Crippen LogP) is 4.90. The SMILES string of the molecule is CCCCCCCCOCc1cc(CNCC(C)C)co1. The largest absolute Gasteiger partial charge is 0.467 e. The Morgan fingerprint density at radius 3 is 2.67 bits per heavy atom. The van der Waals surface area contributed by atoms with Crippen LogP contribution in [0.5, 0.6) is 0 Å². The molecule has 122 valence electrons. The third-order valence-electron chi connectivity index (χ3n) is 3.48. The van der Waals surface area contributed by atoms with E-state index in [1.165, 1.54) is 37.7 Å². The first-order valence-electron chi connectivity index (χ1n) is 8.57. The van der Waals surface area contributed by atoms with Gasteiger partial charge in [0.2, 0.25) is 0 Å². The first-order chi connectivity index (χ1) is 10.2. The third kappa shape index (κ3) is 9.70. The summed E-state index contributed by atoms with van der Waals surface area (Å²) in [6.45, 7) is 10.0. The van der Waals surface area contributed by atoms with E-state index in [0.29, 0.717) is 12.5 Å². The van der Waals surface area contributed by atoms with Gasteiger partial charge in [0.25, 0.3) is 0 Å². The molecule has 0 aromatic carbocycles. The summed E-state index contributed by atoms with van der Waals surface area (Å²) in [6, 6.07) is 2.09. The Bertz CT molecular complexity index is 347. The molecule has 0 fully saturated rings. The highest BCUT2D eigenvalue weighted by Gasteiger charge is 2.02. The second kappa shape index (κ2) is 11.8. The van der Waals surface area contributed by atoms with E-state index in [-0.39, 0.29) is 0 Å². The van der Waals surface area contributed by atoms with Gasteiger partial charge in [0.05, 0.1) is 6.26 Å². The number of rotatable bonds is 13. The fourth-order valence-corrected chi connectivity index (χ4v) is 2.26. The number of nitrogens with one attached hydrogen (secondary N) is 1. The molecule has 0 saturated carbocycles. The van der Waals surface area contributed by atoms with E-state index in [9.17, 15) is 0 Å². The van der Waals surface area contributed by atoms with Crippen LogP contribution in [-0.2, 0) is 17.9 Å². The molecule has 0 atom stereocenters. The summed E-state index contributed by atoms with van der Waals surface area (Å²) in [5.74, 6) is 1.61. The highest BCUT2D eigenvalue weighted by molar-refractivity contribution is 5.11. The molecule has 1 heterocycles. The average molecular weight is 295 g/mol. The van der Waals surface area contributed by atoms with Crippen LogP contribution in [0, 0.1) is 5.92 Å². The van der Waals surface area contributed by atoms with Gasteiger partial charge < -0.3 is 14.5 Å². The van der Waals surface area contributed by atoms with Gasteiger partial charge in [0.15, 0.2) is 0 Å². The number of furan rings is 1. The molecule has 3 heteroatoms. The zero-order valence-electron chi connectivity index (χ0n) is 14.1. The lowest BCUT2D eigenvalue weighted by Gasteiger charge is -2.04. The van der Waals surface area contributed by atoms with Crippen molar-refractivity contribution in [3.05, 3.63) is 23.7 Å². The Morgan fingerprint density at radius 2 is 1.90 bits per heavy atom. The molecule has 0 spiro atoms. The van der Waals surface area contributed by atoms with Gasteiger partial charge >= 0.3 is 0 Å². The molecule has 0 aliphatic rings. The quantitative estimate of drug-likeness (QED) is 0.525.